The Morgan fingerprint density at radius 2 is 1.66 bits per heavy atom. The first-order chi connectivity index (χ1) is 14.9. The standard InChI is InChI=1S/C20H22Cl2F3N3O3S/c1-27-8-10-28(11-9-27)13-19(14-2-7-17(21)18(22)12-14)26-32(29,30)16-5-3-15(4-6-16)31-20(23,24)25/h2-7,12,19,26H,8-11,13H2,1H3. The zero-order valence-corrected chi connectivity index (χ0v) is 19.4. The molecule has 1 atom stereocenters. The van der Waals surface area contributed by atoms with Crippen molar-refractivity contribution >= 4 is 33.2 Å². The molecule has 0 radical (unpaired) electrons. The number of likely N-dealkylation sites (N-methyl/N-ethyl adjacent to an activating group) is 1. The fourth-order valence-electron chi connectivity index (χ4n) is 3.30. The SMILES string of the molecule is CN1CCN(CC(NS(=O)(=O)c2ccc(OC(F)(F)F)cc2)c2ccc(Cl)c(Cl)c2)CC1. The van der Waals surface area contributed by atoms with Crippen molar-refractivity contribution in [2.75, 3.05) is 39.8 Å². The van der Waals surface area contributed by atoms with Crippen LogP contribution in [-0.2, 0) is 10.0 Å². The van der Waals surface area contributed by atoms with Crippen LogP contribution in [0, 0.1) is 0 Å². The average Bonchev–Trinajstić information content (AvgIpc) is 2.70. The number of benzene rings is 2. The lowest BCUT2D eigenvalue weighted by Gasteiger charge is -2.35. The fourth-order valence-corrected chi connectivity index (χ4v) is 4.83. The lowest BCUT2D eigenvalue weighted by Crippen LogP contribution is -2.47. The van der Waals surface area contributed by atoms with Crippen molar-refractivity contribution in [2.24, 2.45) is 0 Å². The third-order valence-corrected chi connectivity index (χ3v) is 7.27. The molecule has 1 N–H and O–H groups in total. The molecule has 0 saturated carbocycles. The van der Waals surface area contributed by atoms with Gasteiger partial charge in [0.1, 0.15) is 5.75 Å². The molecule has 12 heteroatoms. The second-order valence-corrected chi connectivity index (χ2v) is 10.00. The van der Waals surface area contributed by atoms with Gasteiger partial charge in [-0.25, -0.2) is 13.1 Å². The van der Waals surface area contributed by atoms with E-state index in [1.807, 2.05) is 7.05 Å². The Morgan fingerprint density at radius 3 is 2.22 bits per heavy atom. The van der Waals surface area contributed by atoms with Gasteiger partial charge in [-0.1, -0.05) is 29.3 Å². The van der Waals surface area contributed by atoms with E-state index >= 15 is 0 Å². The van der Waals surface area contributed by atoms with Crippen LogP contribution in [-0.4, -0.2) is 64.4 Å². The van der Waals surface area contributed by atoms with Gasteiger partial charge in [-0.15, -0.1) is 13.2 Å². The average molecular weight is 512 g/mol. The molecule has 3 rings (SSSR count). The highest BCUT2D eigenvalue weighted by molar-refractivity contribution is 7.89. The second kappa shape index (κ2) is 10.1. The van der Waals surface area contributed by atoms with E-state index in [9.17, 15) is 21.6 Å². The summed E-state index contributed by atoms with van der Waals surface area (Å²) < 4.78 is 69.5. The van der Waals surface area contributed by atoms with Crippen LogP contribution in [0.3, 0.4) is 0 Å². The first kappa shape index (κ1) is 25.1. The summed E-state index contributed by atoms with van der Waals surface area (Å²) in [6.07, 6.45) is -4.86. The number of ether oxygens (including phenoxy) is 1. The Labute approximate surface area is 194 Å². The highest BCUT2D eigenvalue weighted by atomic mass is 35.5. The number of nitrogens with one attached hydrogen (secondary N) is 1. The summed E-state index contributed by atoms with van der Waals surface area (Å²) in [4.78, 5) is 4.13. The molecule has 176 valence electrons. The van der Waals surface area contributed by atoms with Crippen LogP contribution in [0.1, 0.15) is 11.6 Å². The topological polar surface area (TPSA) is 61.9 Å². The maximum Gasteiger partial charge on any atom is 0.573 e. The van der Waals surface area contributed by atoms with Gasteiger partial charge in [0.05, 0.1) is 21.0 Å². The van der Waals surface area contributed by atoms with Crippen molar-refractivity contribution in [1.29, 1.82) is 0 Å². The van der Waals surface area contributed by atoms with Crippen LogP contribution in [0.15, 0.2) is 47.4 Å². The molecule has 1 aliphatic rings. The van der Waals surface area contributed by atoms with Crippen LogP contribution < -0.4 is 9.46 Å². The number of sulfonamides is 1. The van der Waals surface area contributed by atoms with Crippen molar-refractivity contribution in [2.45, 2.75) is 17.3 Å². The molecule has 0 bridgehead atoms. The van der Waals surface area contributed by atoms with E-state index in [1.54, 1.807) is 18.2 Å². The molecule has 1 unspecified atom stereocenters. The molecule has 0 amide bonds. The van der Waals surface area contributed by atoms with Crippen molar-refractivity contribution in [3.63, 3.8) is 0 Å². The lowest BCUT2D eigenvalue weighted by molar-refractivity contribution is -0.274. The highest BCUT2D eigenvalue weighted by Crippen LogP contribution is 2.28. The van der Waals surface area contributed by atoms with Crippen molar-refractivity contribution in [3.8, 4) is 5.75 Å². The summed E-state index contributed by atoms with van der Waals surface area (Å²) in [7, 11) is -2.04. The first-order valence-corrected chi connectivity index (χ1v) is 11.9. The molecule has 1 saturated heterocycles. The van der Waals surface area contributed by atoms with Crippen LogP contribution in [0.5, 0.6) is 5.75 Å². The van der Waals surface area contributed by atoms with Gasteiger partial charge in [-0.3, -0.25) is 4.90 Å². The minimum atomic E-state index is -4.86. The molecule has 2 aromatic carbocycles. The quantitative estimate of drug-likeness (QED) is 0.604. The summed E-state index contributed by atoms with van der Waals surface area (Å²) >= 11 is 12.1. The van der Waals surface area contributed by atoms with Gasteiger partial charge in [0.25, 0.3) is 0 Å². The van der Waals surface area contributed by atoms with Crippen LogP contribution in [0.4, 0.5) is 13.2 Å². The van der Waals surface area contributed by atoms with Crippen molar-refractivity contribution < 1.29 is 26.3 Å². The van der Waals surface area contributed by atoms with Crippen LogP contribution >= 0.6 is 23.2 Å². The molecule has 2 aromatic rings. The summed E-state index contributed by atoms with van der Waals surface area (Å²) in [6, 6.07) is 8.27. The number of nitrogens with zero attached hydrogens (tertiary/aromatic N) is 2. The maximum absolute atomic E-state index is 13.0. The van der Waals surface area contributed by atoms with E-state index in [-0.39, 0.29) is 4.90 Å². The van der Waals surface area contributed by atoms with Crippen LogP contribution in [0.2, 0.25) is 10.0 Å². The number of piperazine rings is 1. The van der Waals surface area contributed by atoms with Gasteiger partial charge in [0.15, 0.2) is 0 Å². The van der Waals surface area contributed by atoms with Gasteiger partial charge in [0, 0.05) is 32.7 Å². The number of hydrogen-bond acceptors (Lipinski definition) is 5. The van der Waals surface area contributed by atoms with Gasteiger partial charge < -0.3 is 9.64 Å². The summed E-state index contributed by atoms with van der Waals surface area (Å²) in [5.41, 5.74) is 0.624. The molecule has 1 fully saturated rings. The summed E-state index contributed by atoms with van der Waals surface area (Å²) in [6.45, 7) is 3.61. The van der Waals surface area contributed by atoms with E-state index in [4.69, 9.17) is 23.2 Å². The highest BCUT2D eigenvalue weighted by Gasteiger charge is 2.31. The summed E-state index contributed by atoms with van der Waals surface area (Å²) in [5.74, 6) is -0.505. The Kier molecular flexibility index (Phi) is 7.95. The van der Waals surface area contributed by atoms with Gasteiger partial charge in [0.2, 0.25) is 10.0 Å². The van der Waals surface area contributed by atoms with Gasteiger partial charge in [-0.05, 0) is 49.0 Å². The lowest BCUT2D eigenvalue weighted by atomic mass is 10.1. The number of alkyl halides is 3. The minimum absolute atomic E-state index is 0.185. The Morgan fingerprint density at radius 1 is 1.03 bits per heavy atom. The molecule has 0 aromatic heterocycles. The Hall–Kier alpha value is -1.56. The predicted molar refractivity (Wildman–Crippen MR) is 117 cm³/mol. The largest absolute Gasteiger partial charge is 0.573 e. The van der Waals surface area contributed by atoms with E-state index in [0.717, 1.165) is 50.4 Å². The zero-order chi connectivity index (χ0) is 23.5. The molecule has 0 aliphatic carbocycles. The monoisotopic (exact) mass is 511 g/mol. The molecular formula is C20H22Cl2F3N3O3S. The third kappa shape index (κ3) is 6.97. The third-order valence-electron chi connectivity index (χ3n) is 5.05. The van der Waals surface area contributed by atoms with E-state index in [1.165, 1.54) is 0 Å². The van der Waals surface area contributed by atoms with Crippen LogP contribution in [0.25, 0.3) is 0 Å². The van der Waals surface area contributed by atoms with Crippen molar-refractivity contribution in [1.82, 2.24) is 14.5 Å². The molecule has 0 spiro atoms. The first-order valence-electron chi connectivity index (χ1n) is 9.67. The normalized spacial score (nSPS) is 17.3. The van der Waals surface area contributed by atoms with Gasteiger partial charge in [-0.2, -0.15) is 0 Å². The smallest absolute Gasteiger partial charge is 0.406 e. The van der Waals surface area contributed by atoms with E-state index in [2.05, 4.69) is 19.3 Å². The molecule has 32 heavy (non-hydrogen) atoms. The van der Waals surface area contributed by atoms with Gasteiger partial charge >= 0.3 is 6.36 Å². The second-order valence-electron chi connectivity index (χ2n) is 7.47. The zero-order valence-electron chi connectivity index (χ0n) is 17.1. The summed E-state index contributed by atoms with van der Waals surface area (Å²) in [5, 5.41) is 0.636. The van der Waals surface area contributed by atoms with E-state index in [0.29, 0.717) is 22.2 Å². The maximum atomic E-state index is 13.0. The predicted octanol–water partition coefficient (Wildman–Crippen LogP) is 4.16. The molecular weight excluding hydrogens is 490 g/mol. The number of rotatable bonds is 7. The molecule has 1 aliphatic heterocycles. The molecule has 6 nitrogen and oxygen atoms in total. The minimum Gasteiger partial charge on any atom is -0.406 e. The fraction of sp³-hybridized carbons (Fsp3) is 0.400. The Balaban J connectivity index is 1.83. The molecule has 1 heterocycles. The number of halogens is 5. The van der Waals surface area contributed by atoms with E-state index < -0.39 is 28.2 Å². The Bertz CT molecular complexity index is 1030. The van der Waals surface area contributed by atoms with Crippen molar-refractivity contribution in [3.05, 3.63) is 58.1 Å². The number of hydrogen-bond donors (Lipinski definition) is 1.